The zero-order valence-electron chi connectivity index (χ0n) is 13.5. The van der Waals surface area contributed by atoms with Crippen molar-refractivity contribution in [3.8, 4) is 0 Å². The van der Waals surface area contributed by atoms with E-state index in [0.717, 1.165) is 18.2 Å². The molecule has 21 heavy (non-hydrogen) atoms. The van der Waals surface area contributed by atoms with Gasteiger partial charge in [-0.2, -0.15) is 0 Å². The summed E-state index contributed by atoms with van der Waals surface area (Å²) in [5.74, 6) is 0.820. The molecule has 0 atom stereocenters. The molecule has 0 aromatic carbocycles. The van der Waals surface area contributed by atoms with Gasteiger partial charge in [0.25, 0.3) is 0 Å². The first-order valence-corrected chi connectivity index (χ1v) is 8.20. The van der Waals surface area contributed by atoms with Crippen LogP contribution in [0, 0.1) is 0 Å². The van der Waals surface area contributed by atoms with Crippen molar-refractivity contribution in [1.29, 1.82) is 0 Å². The van der Waals surface area contributed by atoms with Crippen LogP contribution in [0.3, 0.4) is 0 Å². The lowest BCUT2D eigenvalue weighted by atomic mass is 10.1. The molecule has 0 saturated heterocycles. The maximum atomic E-state index is 4.79. The molecule has 1 aromatic rings. The maximum absolute atomic E-state index is 4.79. The largest absolute Gasteiger partial charge is 0.364 e. The zero-order chi connectivity index (χ0) is 15.2. The van der Waals surface area contributed by atoms with Crippen LogP contribution in [0.2, 0.25) is 0 Å². The second kappa shape index (κ2) is 12.2. The lowest BCUT2D eigenvalue weighted by Crippen LogP contribution is -2.37. The second-order valence-electron chi connectivity index (χ2n) is 5.32. The topological polar surface area (TPSA) is 62.5 Å². The molecule has 5 heteroatoms. The highest BCUT2D eigenvalue weighted by Gasteiger charge is 1.99. The van der Waals surface area contributed by atoms with Gasteiger partial charge < -0.3 is 15.2 Å². The van der Waals surface area contributed by atoms with E-state index in [1.165, 1.54) is 51.4 Å². The van der Waals surface area contributed by atoms with Crippen LogP contribution in [0.15, 0.2) is 21.8 Å². The number of guanidine groups is 1. The van der Waals surface area contributed by atoms with Crippen LogP contribution in [0.5, 0.6) is 0 Å². The summed E-state index contributed by atoms with van der Waals surface area (Å²) in [6, 6.07) is 1.85. The van der Waals surface area contributed by atoms with Gasteiger partial charge in [0.2, 0.25) is 0 Å². The third-order valence-electron chi connectivity index (χ3n) is 3.47. The quantitative estimate of drug-likeness (QED) is 0.372. The van der Waals surface area contributed by atoms with Crippen LogP contribution in [-0.4, -0.2) is 24.7 Å². The van der Waals surface area contributed by atoms with Crippen molar-refractivity contribution in [1.82, 2.24) is 15.8 Å². The lowest BCUT2D eigenvalue weighted by Gasteiger charge is -2.10. The number of hydrogen-bond donors (Lipinski definition) is 2. The van der Waals surface area contributed by atoms with Crippen molar-refractivity contribution in [3.05, 3.63) is 18.0 Å². The molecule has 0 aliphatic rings. The molecule has 0 amide bonds. The molecule has 1 heterocycles. The molecule has 0 bridgehead atoms. The Morgan fingerprint density at radius 1 is 1.10 bits per heavy atom. The minimum atomic E-state index is 0.633. The number of aromatic nitrogens is 1. The minimum Gasteiger partial charge on any atom is -0.364 e. The average molecular weight is 294 g/mol. The molecule has 0 saturated carbocycles. The van der Waals surface area contributed by atoms with E-state index in [2.05, 4.69) is 27.7 Å². The highest BCUT2D eigenvalue weighted by atomic mass is 16.5. The average Bonchev–Trinajstić information content (AvgIpc) is 3.02. The van der Waals surface area contributed by atoms with Gasteiger partial charge in [-0.3, -0.25) is 4.99 Å². The van der Waals surface area contributed by atoms with E-state index in [-0.39, 0.29) is 0 Å². The van der Waals surface area contributed by atoms with Gasteiger partial charge in [-0.15, -0.1) is 0 Å². The highest BCUT2D eigenvalue weighted by Crippen LogP contribution is 2.07. The lowest BCUT2D eigenvalue weighted by molar-refractivity contribution is 0.410. The van der Waals surface area contributed by atoms with E-state index in [9.17, 15) is 0 Å². The summed E-state index contributed by atoms with van der Waals surface area (Å²) in [4.78, 5) is 4.19. The Balaban J connectivity index is 1.95. The van der Waals surface area contributed by atoms with E-state index in [1.807, 2.05) is 6.07 Å². The van der Waals surface area contributed by atoms with Crippen LogP contribution < -0.4 is 10.6 Å². The maximum Gasteiger partial charge on any atom is 0.191 e. The van der Waals surface area contributed by atoms with Crippen molar-refractivity contribution in [2.24, 2.45) is 4.99 Å². The molecule has 0 spiro atoms. The summed E-state index contributed by atoms with van der Waals surface area (Å²) in [6.07, 6.45) is 12.3. The Bertz CT molecular complexity index is 362. The number of nitrogens with zero attached hydrogens (tertiary/aromatic N) is 2. The first kappa shape index (κ1) is 17.5. The van der Waals surface area contributed by atoms with Crippen LogP contribution in [0.1, 0.15) is 64.0 Å². The van der Waals surface area contributed by atoms with Gasteiger partial charge >= 0.3 is 0 Å². The third-order valence-corrected chi connectivity index (χ3v) is 3.47. The van der Waals surface area contributed by atoms with Crippen molar-refractivity contribution >= 4 is 5.96 Å². The van der Waals surface area contributed by atoms with Gasteiger partial charge in [0.15, 0.2) is 5.96 Å². The molecule has 2 N–H and O–H groups in total. The van der Waals surface area contributed by atoms with Crippen LogP contribution >= 0.6 is 0 Å². The molecule has 0 radical (unpaired) electrons. The van der Waals surface area contributed by atoms with Gasteiger partial charge in [-0.05, 0) is 6.42 Å². The molecule has 0 aliphatic carbocycles. The Morgan fingerprint density at radius 2 is 1.81 bits per heavy atom. The van der Waals surface area contributed by atoms with Crippen molar-refractivity contribution in [2.75, 3.05) is 13.6 Å². The summed E-state index contributed by atoms with van der Waals surface area (Å²) in [6.45, 7) is 3.86. The summed E-state index contributed by atoms with van der Waals surface area (Å²) in [5.41, 5.74) is 0.880. The normalized spacial score (nSPS) is 11.6. The molecule has 5 nitrogen and oxygen atoms in total. The fraction of sp³-hybridized carbons (Fsp3) is 0.750. The monoisotopic (exact) mass is 294 g/mol. The van der Waals surface area contributed by atoms with E-state index in [0.29, 0.717) is 6.54 Å². The number of nitrogens with one attached hydrogen (secondary N) is 2. The number of unbranched alkanes of at least 4 members (excludes halogenated alkanes) is 7. The Labute approximate surface area is 128 Å². The van der Waals surface area contributed by atoms with Gasteiger partial charge in [0.1, 0.15) is 12.0 Å². The summed E-state index contributed by atoms with van der Waals surface area (Å²) >= 11 is 0. The molecular formula is C16H30N4O. The van der Waals surface area contributed by atoms with Crippen LogP contribution in [0.4, 0.5) is 0 Å². The smallest absolute Gasteiger partial charge is 0.191 e. The summed E-state index contributed by atoms with van der Waals surface area (Å²) in [5, 5.41) is 10.4. The Hall–Kier alpha value is -1.52. The van der Waals surface area contributed by atoms with Gasteiger partial charge in [-0.25, -0.2) is 0 Å². The van der Waals surface area contributed by atoms with Crippen LogP contribution in [0.25, 0.3) is 0 Å². The fourth-order valence-electron chi connectivity index (χ4n) is 2.19. The molecule has 0 aliphatic heterocycles. The number of rotatable bonds is 11. The molecule has 120 valence electrons. The third kappa shape index (κ3) is 9.10. The SMILES string of the molecule is CCCCCCCCCCNC(=NC)NCc1ccon1. The van der Waals surface area contributed by atoms with Crippen molar-refractivity contribution in [3.63, 3.8) is 0 Å². The second-order valence-corrected chi connectivity index (χ2v) is 5.32. The first-order chi connectivity index (χ1) is 10.4. The Morgan fingerprint density at radius 3 is 2.43 bits per heavy atom. The van der Waals surface area contributed by atoms with Gasteiger partial charge in [0.05, 0.1) is 6.54 Å². The summed E-state index contributed by atoms with van der Waals surface area (Å²) < 4.78 is 4.79. The summed E-state index contributed by atoms with van der Waals surface area (Å²) in [7, 11) is 1.78. The van der Waals surface area contributed by atoms with E-state index < -0.39 is 0 Å². The molecule has 1 rings (SSSR count). The fourth-order valence-corrected chi connectivity index (χ4v) is 2.19. The molecule has 0 unspecified atom stereocenters. The zero-order valence-corrected chi connectivity index (χ0v) is 13.5. The molecular weight excluding hydrogens is 264 g/mol. The van der Waals surface area contributed by atoms with E-state index in [4.69, 9.17) is 4.52 Å². The van der Waals surface area contributed by atoms with Crippen molar-refractivity contribution < 1.29 is 4.52 Å². The predicted molar refractivity (Wildman–Crippen MR) is 87.3 cm³/mol. The van der Waals surface area contributed by atoms with Crippen molar-refractivity contribution in [2.45, 2.75) is 64.8 Å². The molecule has 1 aromatic heterocycles. The predicted octanol–water partition coefficient (Wildman–Crippen LogP) is 3.48. The molecule has 0 fully saturated rings. The standard InChI is InChI=1S/C16H30N4O/c1-3-4-5-6-7-8-9-10-12-18-16(17-2)19-14-15-11-13-21-20-15/h11,13H,3-10,12,14H2,1-2H3,(H2,17,18,19). The first-order valence-electron chi connectivity index (χ1n) is 8.20. The number of aliphatic imine (C=N–C) groups is 1. The number of hydrogen-bond acceptors (Lipinski definition) is 3. The van der Waals surface area contributed by atoms with Gasteiger partial charge in [-0.1, -0.05) is 57.0 Å². The minimum absolute atomic E-state index is 0.633. The van der Waals surface area contributed by atoms with E-state index >= 15 is 0 Å². The van der Waals surface area contributed by atoms with Gasteiger partial charge in [0, 0.05) is 19.7 Å². The van der Waals surface area contributed by atoms with E-state index in [1.54, 1.807) is 13.3 Å². The highest BCUT2D eigenvalue weighted by molar-refractivity contribution is 5.79. The van der Waals surface area contributed by atoms with Crippen LogP contribution in [-0.2, 0) is 6.54 Å². The Kier molecular flexibility index (Phi) is 10.2.